The van der Waals surface area contributed by atoms with Crippen molar-refractivity contribution in [1.82, 2.24) is 0 Å². The van der Waals surface area contributed by atoms with E-state index < -0.39 is 47.2 Å². The largest absolute Gasteiger partial charge is 0.492 e. The number of esters is 1. The average Bonchev–Trinajstić information content (AvgIpc) is 2.96. The predicted molar refractivity (Wildman–Crippen MR) is 183 cm³/mol. The number of aryl methyl sites for hydroxylation is 2. The Morgan fingerprint density at radius 2 is 1.51 bits per heavy atom. The Morgan fingerprint density at radius 1 is 0.830 bits per heavy atom. The molecule has 0 bridgehead atoms. The van der Waals surface area contributed by atoms with Gasteiger partial charge in [0.1, 0.15) is 30.0 Å². The van der Waals surface area contributed by atoms with Crippen LogP contribution in [0.4, 0.5) is 13.2 Å². The zero-order valence-corrected chi connectivity index (χ0v) is 29.9. The minimum absolute atomic E-state index is 0.105. The van der Waals surface area contributed by atoms with E-state index in [0.717, 1.165) is 43.7 Å². The summed E-state index contributed by atoms with van der Waals surface area (Å²) in [5.41, 5.74) is -1.09. The van der Waals surface area contributed by atoms with Crippen LogP contribution in [-0.4, -0.2) is 25.4 Å². The van der Waals surface area contributed by atoms with Crippen molar-refractivity contribution >= 4 is 16.9 Å². The van der Waals surface area contributed by atoms with Crippen molar-refractivity contribution in [2.24, 2.45) is 21.7 Å². The Balaban J connectivity index is 1.83. The molecule has 2 atom stereocenters. The molecule has 2 aromatic carbocycles. The van der Waals surface area contributed by atoms with Crippen molar-refractivity contribution in [1.29, 1.82) is 0 Å². The van der Waals surface area contributed by atoms with E-state index >= 15 is 0 Å². The third-order valence-electron chi connectivity index (χ3n) is 9.37. The van der Waals surface area contributed by atoms with Gasteiger partial charge < -0.3 is 13.9 Å². The summed E-state index contributed by atoms with van der Waals surface area (Å²) in [5, 5.41) is 0.619. The number of ether oxygens (including phenoxy) is 2. The van der Waals surface area contributed by atoms with Gasteiger partial charge in [-0.1, -0.05) is 86.4 Å². The van der Waals surface area contributed by atoms with Gasteiger partial charge in [0.2, 0.25) is 0 Å². The number of halogens is 3. The van der Waals surface area contributed by atoms with E-state index in [4.69, 9.17) is 13.9 Å². The SMILES string of the molecule is CCCCCc1ccc(-c2cc3ccc(OCC(C)(COC(=O)C(C)(CC(C)(C)C)C(C)(C)C)C(F)(F)F)cc3oc2=O)c(CC)c1. The number of unbranched alkanes of at least 4 members (excludes halogenated alkanes) is 2. The van der Waals surface area contributed by atoms with Gasteiger partial charge in [-0.2, -0.15) is 13.2 Å². The van der Waals surface area contributed by atoms with Gasteiger partial charge in [0.05, 0.1) is 11.0 Å². The zero-order chi connectivity index (χ0) is 35.4. The number of hydrogen-bond donors (Lipinski definition) is 0. The number of fused-ring (bicyclic) bond motifs is 1. The fraction of sp³-hybridized carbons (Fsp3) is 0.590. The Morgan fingerprint density at radius 3 is 2.09 bits per heavy atom. The first-order valence-corrected chi connectivity index (χ1v) is 16.7. The summed E-state index contributed by atoms with van der Waals surface area (Å²) >= 11 is 0. The van der Waals surface area contributed by atoms with Crippen LogP contribution in [0.15, 0.2) is 51.7 Å². The average molecular weight is 659 g/mol. The summed E-state index contributed by atoms with van der Waals surface area (Å²) in [7, 11) is 0. The third kappa shape index (κ3) is 9.20. The number of hydrogen-bond acceptors (Lipinski definition) is 5. The molecule has 3 rings (SSSR count). The van der Waals surface area contributed by atoms with Crippen LogP contribution < -0.4 is 10.4 Å². The lowest BCUT2D eigenvalue weighted by Gasteiger charge is -2.44. The standard InChI is InChI=1S/C39H53F3O5/c1-11-13-14-15-26-16-19-30(27(12-2)20-26)31-21-28-17-18-29(22-32(28)47-33(31)43)45-24-37(9,39(40,41)42)25-46-34(44)38(10,36(6,7)8)23-35(3,4)5/h16-22H,11-15,23-25H2,1-10H3. The normalized spacial score (nSPS) is 15.3. The van der Waals surface area contributed by atoms with Crippen LogP contribution in [-0.2, 0) is 22.4 Å². The van der Waals surface area contributed by atoms with Crippen molar-refractivity contribution in [2.75, 3.05) is 13.2 Å². The molecular weight excluding hydrogens is 605 g/mol. The van der Waals surface area contributed by atoms with Crippen molar-refractivity contribution in [2.45, 2.75) is 114 Å². The van der Waals surface area contributed by atoms with Crippen LogP contribution in [0, 0.1) is 21.7 Å². The predicted octanol–water partition coefficient (Wildman–Crippen LogP) is 10.7. The van der Waals surface area contributed by atoms with Crippen LogP contribution in [0.25, 0.3) is 22.1 Å². The van der Waals surface area contributed by atoms with Gasteiger partial charge in [0, 0.05) is 11.5 Å². The molecule has 0 radical (unpaired) electrons. The van der Waals surface area contributed by atoms with Gasteiger partial charge in [-0.3, -0.25) is 4.79 Å². The maximum atomic E-state index is 14.4. The lowest BCUT2D eigenvalue weighted by Crippen LogP contribution is -2.48. The summed E-state index contributed by atoms with van der Waals surface area (Å²) in [6.07, 6.45) is 0.880. The van der Waals surface area contributed by atoms with Gasteiger partial charge in [0.15, 0.2) is 0 Å². The highest BCUT2D eigenvalue weighted by molar-refractivity contribution is 5.83. The fourth-order valence-corrected chi connectivity index (χ4v) is 5.84. The van der Waals surface area contributed by atoms with Gasteiger partial charge in [-0.25, -0.2) is 4.79 Å². The summed E-state index contributed by atoms with van der Waals surface area (Å²) in [6, 6.07) is 12.5. The molecular formula is C39H53F3O5. The van der Waals surface area contributed by atoms with Crippen LogP contribution in [0.5, 0.6) is 5.75 Å². The highest BCUT2D eigenvalue weighted by atomic mass is 19.4. The number of rotatable bonds is 13. The summed E-state index contributed by atoms with van der Waals surface area (Å²) in [4.78, 5) is 26.5. The molecule has 0 aliphatic rings. The van der Waals surface area contributed by atoms with Crippen LogP contribution in [0.1, 0.15) is 106 Å². The van der Waals surface area contributed by atoms with Crippen LogP contribution in [0.2, 0.25) is 0 Å². The second-order valence-corrected chi connectivity index (χ2v) is 15.7. The lowest BCUT2D eigenvalue weighted by molar-refractivity contribution is -0.243. The van der Waals surface area contributed by atoms with E-state index in [-0.39, 0.29) is 16.7 Å². The number of carbonyl (C=O) groups excluding carboxylic acids is 1. The van der Waals surface area contributed by atoms with E-state index in [0.29, 0.717) is 17.4 Å². The van der Waals surface area contributed by atoms with Crippen LogP contribution in [0.3, 0.4) is 0 Å². The third-order valence-corrected chi connectivity index (χ3v) is 9.37. The number of benzene rings is 2. The van der Waals surface area contributed by atoms with E-state index in [1.165, 1.54) is 18.1 Å². The molecule has 0 saturated heterocycles. The lowest BCUT2D eigenvalue weighted by atomic mass is 9.61. The van der Waals surface area contributed by atoms with Crippen LogP contribution >= 0.6 is 0 Å². The molecule has 0 amide bonds. The minimum Gasteiger partial charge on any atom is -0.492 e. The smallest absolute Gasteiger partial charge is 0.400 e. The minimum atomic E-state index is -4.73. The van der Waals surface area contributed by atoms with Gasteiger partial charge in [0.25, 0.3) is 0 Å². The molecule has 0 fully saturated rings. The van der Waals surface area contributed by atoms with Crippen molar-refractivity contribution in [3.05, 3.63) is 64.0 Å². The van der Waals surface area contributed by atoms with E-state index in [9.17, 15) is 22.8 Å². The van der Waals surface area contributed by atoms with E-state index in [2.05, 4.69) is 13.0 Å². The Labute approximate surface area is 278 Å². The topological polar surface area (TPSA) is 65.7 Å². The molecule has 0 saturated carbocycles. The Kier molecular flexibility index (Phi) is 11.7. The molecule has 0 spiro atoms. The van der Waals surface area contributed by atoms with Crippen molar-refractivity contribution in [3.8, 4) is 16.9 Å². The first-order chi connectivity index (χ1) is 21.6. The first-order valence-electron chi connectivity index (χ1n) is 16.7. The summed E-state index contributed by atoms with van der Waals surface area (Å²) < 4.78 is 60.0. The maximum absolute atomic E-state index is 14.4. The molecule has 2 unspecified atom stereocenters. The van der Waals surface area contributed by atoms with Gasteiger partial charge >= 0.3 is 17.8 Å². The second kappa shape index (κ2) is 14.4. The molecule has 0 aliphatic carbocycles. The first kappa shape index (κ1) is 38.2. The molecule has 5 nitrogen and oxygen atoms in total. The van der Waals surface area contributed by atoms with Gasteiger partial charge in [-0.15, -0.1) is 0 Å². The Hall–Kier alpha value is -3.29. The molecule has 47 heavy (non-hydrogen) atoms. The second-order valence-electron chi connectivity index (χ2n) is 15.7. The monoisotopic (exact) mass is 658 g/mol. The highest BCUT2D eigenvalue weighted by Gasteiger charge is 2.54. The molecule has 260 valence electrons. The van der Waals surface area contributed by atoms with E-state index in [1.807, 2.05) is 60.6 Å². The molecule has 0 aliphatic heterocycles. The summed E-state index contributed by atoms with van der Waals surface area (Å²) in [5.74, 6) is -0.566. The van der Waals surface area contributed by atoms with E-state index in [1.54, 1.807) is 25.1 Å². The number of carbonyl (C=O) groups is 1. The molecule has 1 aromatic heterocycles. The number of alkyl halides is 3. The molecule has 1 heterocycles. The zero-order valence-electron chi connectivity index (χ0n) is 29.9. The summed E-state index contributed by atoms with van der Waals surface area (Å²) in [6.45, 7) is 16.9. The van der Waals surface area contributed by atoms with Gasteiger partial charge in [-0.05, 0) is 85.3 Å². The maximum Gasteiger partial charge on any atom is 0.400 e. The molecule has 3 aromatic rings. The molecule has 0 N–H and O–H groups in total. The fourth-order valence-electron chi connectivity index (χ4n) is 5.84. The van der Waals surface area contributed by atoms with Crippen molar-refractivity contribution in [3.63, 3.8) is 0 Å². The highest BCUT2D eigenvalue weighted by Crippen LogP contribution is 2.48. The Bertz CT molecular complexity index is 1590. The molecule has 8 heteroatoms. The van der Waals surface area contributed by atoms with Crippen molar-refractivity contribution < 1.29 is 31.9 Å². The quantitative estimate of drug-likeness (QED) is 0.104.